The number of nitrogens with zero attached hydrogens (tertiary/aromatic N) is 1. The Morgan fingerprint density at radius 3 is 2.81 bits per heavy atom. The molecule has 3 aromatic rings. The Bertz CT molecular complexity index is 1110. The van der Waals surface area contributed by atoms with Gasteiger partial charge < -0.3 is 13.9 Å². The Hall–Kier alpha value is -2.70. The van der Waals surface area contributed by atoms with Gasteiger partial charge in [-0.2, -0.15) is 0 Å². The SMILES string of the molecule is O=C1CC[C@H](c2coc3ccc4cc(OCCCN5CCOCC5)ccc4c23)C(=O)C1. The van der Waals surface area contributed by atoms with Crippen LogP contribution in [0.5, 0.6) is 5.75 Å². The second-order valence-corrected chi connectivity index (χ2v) is 8.44. The summed E-state index contributed by atoms with van der Waals surface area (Å²) in [6.45, 7) is 5.32. The minimum atomic E-state index is -0.263. The van der Waals surface area contributed by atoms with Gasteiger partial charge in [-0.3, -0.25) is 14.5 Å². The minimum absolute atomic E-state index is 0.00354. The average molecular weight is 421 g/mol. The molecular formula is C25H27NO5. The molecule has 6 nitrogen and oxygen atoms in total. The van der Waals surface area contributed by atoms with Gasteiger partial charge in [0.25, 0.3) is 0 Å². The predicted molar refractivity (Wildman–Crippen MR) is 118 cm³/mol. The molecule has 1 aliphatic carbocycles. The number of benzene rings is 2. The lowest BCUT2D eigenvalue weighted by Gasteiger charge is -2.26. The van der Waals surface area contributed by atoms with Gasteiger partial charge in [0, 0.05) is 42.9 Å². The number of rotatable bonds is 6. The molecule has 1 aliphatic heterocycles. The molecule has 2 heterocycles. The number of carbonyl (C=O) groups excluding carboxylic acids is 2. The third-order valence-electron chi connectivity index (χ3n) is 6.39. The highest BCUT2D eigenvalue weighted by Gasteiger charge is 2.31. The van der Waals surface area contributed by atoms with Crippen molar-refractivity contribution < 1.29 is 23.5 Å². The summed E-state index contributed by atoms with van der Waals surface area (Å²) in [6.07, 6.45) is 3.72. The summed E-state index contributed by atoms with van der Waals surface area (Å²) < 4.78 is 17.2. The topological polar surface area (TPSA) is 69.0 Å². The second-order valence-electron chi connectivity index (χ2n) is 8.44. The Kier molecular flexibility index (Phi) is 5.74. The lowest BCUT2D eigenvalue weighted by molar-refractivity contribution is -0.130. The summed E-state index contributed by atoms with van der Waals surface area (Å²) in [5.74, 6) is 0.615. The number of hydrogen-bond donors (Lipinski definition) is 0. The zero-order chi connectivity index (χ0) is 21.2. The van der Waals surface area contributed by atoms with Crippen molar-refractivity contribution in [3.05, 3.63) is 42.2 Å². The monoisotopic (exact) mass is 421 g/mol. The van der Waals surface area contributed by atoms with Gasteiger partial charge in [0.2, 0.25) is 0 Å². The smallest absolute Gasteiger partial charge is 0.147 e. The van der Waals surface area contributed by atoms with Crippen LogP contribution < -0.4 is 4.74 Å². The van der Waals surface area contributed by atoms with Crippen molar-refractivity contribution in [1.82, 2.24) is 4.90 Å². The van der Waals surface area contributed by atoms with E-state index in [1.807, 2.05) is 30.3 Å². The Morgan fingerprint density at radius 2 is 1.97 bits per heavy atom. The molecule has 162 valence electrons. The molecule has 5 rings (SSSR count). The first kappa shape index (κ1) is 20.2. The minimum Gasteiger partial charge on any atom is -0.494 e. The molecule has 31 heavy (non-hydrogen) atoms. The molecule has 0 amide bonds. The van der Waals surface area contributed by atoms with Crippen molar-refractivity contribution in [2.45, 2.75) is 31.6 Å². The number of ether oxygens (including phenoxy) is 2. The summed E-state index contributed by atoms with van der Waals surface area (Å²) in [6, 6.07) is 10.1. The van der Waals surface area contributed by atoms with Crippen LogP contribution in [0.1, 0.15) is 37.2 Å². The van der Waals surface area contributed by atoms with Crippen LogP contribution in [0.15, 0.2) is 41.0 Å². The van der Waals surface area contributed by atoms with Gasteiger partial charge >= 0.3 is 0 Å². The van der Waals surface area contributed by atoms with Crippen molar-refractivity contribution in [2.75, 3.05) is 39.5 Å². The molecule has 1 saturated heterocycles. The Balaban J connectivity index is 1.33. The van der Waals surface area contributed by atoms with Gasteiger partial charge in [-0.15, -0.1) is 0 Å². The maximum atomic E-state index is 12.5. The van der Waals surface area contributed by atoms with Crippen LogP contribution in [0.4, 0.5) is 0 Å². The van der Waals surface area contributed by atoms with E-state index in [9.17, 15) is 9.59 Å². The van der Waals surface area contributed by atoms with Gasteiger partial charge in [0.1, 0.15) is 22.9 Å². The summed E-state index contributed by atoms with van der Waals surface area (Å²) in [7, 11) is 0. The molecule has 2 aromatic carbocycles. The fraction of sp³-hybridized carbons (Fsp3) is 0.440. The number of ketones is 2. The molecule has 1 atom stereocenters. The highest BCUT2D eigenvalue weighted by molar-refractivity contribution is 6.11. The Labute approximate surface area is 181 Å². The summed E-state index contributed by atoms with van der Waals surface area (Å²) in [5, 5.41) is 3.08. The van der Waals surface area contributed by atoms with Crippen LogP contribution in [0.2, 0.25) is 0 Å². The molecule has 0 N–H and O–H groups in total. The molecule has 6 heteroatoms. The van der Waals surface area contributed by atoms with Crippen LogP contribution >= 0.6 is 0 Å². The standard InChI is InChI=1S/C25H27NO5/c27-18-3-5-21(23(28)15-18)22-16-31-24-7-2-17-14-19(4-6-20(17)25(22)24)30-11-1-8-26-9-12-29-13-10-26/h2,4,6-7,14,16,21H,1,3,5,8-13,15H2/t21-/m1/s1. The quantitative estimate of drug-likeness (QED) is 0.441. The first-order valence-electron chi connectivity index (χ1n) is 11.1. The van der Waals surface area contributed by atoms with Crippen LogP contribution in [0.3, 0.4) is 0 Å². The zero-order valence-corrected chi connectivity index (χ0v) is 17.6. The van der Waals surface area contributed by atoms with E-state index in [2.05, 4.69) is 4.90 Å². The van der Waals surface area contributed by atoms with Gasteiger partial charge in [0.05, 0.1) is 32.5 Å². The third kappa shape index (κ3) is 4.23. The molecule has 1 aromatic heterocycles. The molecule has 0 unspecified atom stereocenters. The summed E-state index contributed by atoms with van der Waals surface area (Å²) in [4.78, 5) is 26.5. The lowest BCUT2D eigenvalue weighted by atomic mass is 9.81. The van der Waals surface area contributed by atoms with Crippen LogP contribution in [-0.2, 0) is 14.3 Å². The fourth-order valence-electron chi connectivity index (χ4n) is 4.72. The fourth-order valence-corrected chi connectivity index (χ4v) is 4.72. The normalized spacial score (nSPS) is 20.6. The molecule has 0 spiro atoms. The third-order valence-corrected chi connectivity index (χ3v) is 6.39. The zero-order valence-electron chi connectivity index (χ0n) is 17.6. The molecule has 1 saturated carbocycles. The first-order chi connectivity index (χ1) is 15.2. The number of carbonyl (C=O) groups is 2. The number of fused-ring (bicyclic) bond motifs is 3. The first-order valence-corrected chi connectivity index (χ1v) is 11.1. The summed E-state index contributed by atoms with van der Waals surface area (Å²) in [5.41, 5.74) is 1.67. The van der Waals surface area contributed by atoms with Crippen molar-refractivity contribution in [2.24, 2.45) is 0 Å². The van der Waals surface area contributed by atoms with E-state index in [1.165, 1.54) is 0 Å². The number of furan rings is 1. The summed E-state index contributed by atoms with van der Waals surface area (Å²) >= 11 is 0. The van der Waals surface area contributed by atoms with E-state index < -0.39 is 0 Å². The van der Waals surface area contributed by atoms with Crippen molar-refractivity contribution in [1.29, 1.82) is 0 Å². The molecule has 0 radical (unpaired) electrons. The van der Waals surface area contributed by atoms with Crippen molar-refractivity contribution in [3.63, 3.8) is 0 Å². The van der Waals surface area contributed by atoms with E-state index in [1.54, 1.807) is 6.26 Å². The lowest BCUT2D eigenvalue weighted by Crippen LogP contribution is -2.37. The van der Waals surface area contributed by atoms with Gasteiger partial charge in [0.15, 0.2) is 0 Å². The molecule has 2 aliphatic rings. The average Bonchev–Trinajstić information content (AvgIpc) is 3.21. The predicted octanol–water partition coefficient (Wildman–Crippen LogP) is 4.09. The van der Waals surface area contributed by atoms with E-state index in [0.717, 1.165) is 72.3 Å². The van der Waals surface area contributed by atoms with E-state index in [0.29, 0.717) is 19.4 Å². The molecule has 0 bridgehead atoms. The molecule has 2 fully saturated rings. The Morgan fingerprint density at radius 1 is 1.10 bits per heavy atom. The highest BCUT2D eigenvalue weighted by atomic mass is 16.5. The van der Waals surface area contributed by atoms with Crippen LogP contribution in [0, 0.1) is 0 Å². The van der Waals surface area contributed by atoms with Crippen LogP contribution in [-0.4, -0.2) is 55.9 Å². The van der Waals surface area contributed by atoms with Gasteiger partial charge in [-0.05, 0) is 47.9 Å². The highest BCUT2D eigenvalue weighted by Crippen LogP contribution is 2.38. The van der Waals surface area contributed by atoms with E-state index >= 15 is 0 Å². The number of hydrogen-bond acceptors (Lipinski definition) is 6. The van der Waals surface area contributed by atoms with Gasteiger partial charge in [-0.1, -0.05) is 6.07 Å². The largest absolute Gasteiger partial charge is 0.494 e. The maximum absolute atomic E-state index is 12.5. The van der Waals surface area contributed by atoms with Crippen LogP contribution in [0.25, 0.3) is 21.7 Å². The molecular weight excluding hydrogens is 394 g/mol. The van der Waals surface area contributed by atoms with E-state index in [-0.39, 0.29) is 23.9 Å². The van der Waals surface area contributed by atoms with Crippen molar-refractivity contribution in [3.8, 4) is 5.75 Å². The second kappa shape index (κ2) is 8.81. The van der Waals surface area contributed by atoms with E-state index in [4.69, 9.17) is 13.9 Å². The number of Topliss-reactive ketones (excluding diaryl/α,β-unsaturated/α-hetero) is 2. The maximum Gasteiger partial charge on any atom is 0.147 e. The van der Waals surface area contributed by atoms with Crippen molar-refractivity contribution >= 4 is 33.3 Å². The van der Waals surface area contributed by atoms with Gasteiger partial charge in [-0.25, -0.2) is 0 Å². The number of morpholine rings is 1.